The lowest BCUT2D eigenvalue weighted by molar-refractivity contribution is -0.143. The van der Waals surface area contributed by atoms with Crippen LogP contribution in [0.25, 0.3) is 22.0 Å². The number of thiazole rings is 1. The lowest BCUT2D eigenvalue weighted by Crippen LogP contribution is -2.36. The van der Waals surface area contributed by atoms with E-state index in [1.54, 1.807) is 37.8 Å². The largest absolute Gasteiger partial charge is 0.394 e. The highest BCUT2D eigenvalue weighted by Gasteiger charge is 2.45. The number of nitrogens with zero attached hydrogens (tertiary/aromatic N) is 6. The summed E-state index contributed by atoms with van der Waals surface area (Å²) in [6, 6.07) is 8.53. The maximum absolute atomic E-state index is 12.5. The van der Waals surface area contributed by atoms with E-state index < -0.39 is 11.6 Å². The summed E-state index contributed by atoms with van der Waals surface area (Å²) in [5, 5.41) is 39.5. The summed E-state index contributed by atoms with van der Waals surface area (Å²) in [5.41, 5.74) is 1.80. The normalized spacial score (nSPS) is 17.8. The first-order valence-electron chi connectivity index (χ1n) is 11.3. The lowest BCUT2D eigenvalue weighted by atomic mass is 9.90. The summed E-state index contributed by atoms with van der Waals surface area (Å²) in [6.07, 6.45) is 5.19. The Balaban J connectivity index is 1.36. The number of anilines is 2. The first kappa shape index (κ1) is 24.0. The molecule has 1 aliphatic heterocycles. The van der Waals surface area contributed by atoms with Crippen molar-refractivity contribution in [2.45, 2.75) is 18.1 Å². The molecule has 11 nitrogen and oxygen atoms in total. The molecule has 0 saturated carbocycles. The zero-order valence-electron chi connectivity index (χ0n) is 19.4. The van der Waals surface area contributed by atoms with Crippen molar-refractivity contribution in [3.05, 3.63) is 59.9 Å². The van der Waals surface area contributed by atoms with Gasteiger partial charge in [0.25, 0.3) is 5.91 Å². The van der Waals surface area contributed by atoms with E-state index in [1.807, 2.05) is 23.6 Å². The number of hydrogen-bond acceptors (Lipinski definition) is 10. The minimum Gasteiger partial charge on any atom is -0.394 e. The maximum Gasteiger partial charge on any atom is 0.258 e. The van der Waals surface area contributed by atoms with Gasteiger partial charge >= 0.3 is 0 Å². The summed E-state index contributed by atoms with van der Waals surface area (Å²) in [5.74, 6) is 0.0508. The van der Waals surface area contributed by atoms with Crippen LogP contribution in [0, 0.1) is 0 Å². The summed E-state index contributed by atoms with van der Waals surface area (Å²) in [7, 11) is 1.69. The molecule has 4 aromatic rings. The van der Waals surface area contributed by atoms with Crippen molar-refractivity contribution in [2.75, 3.05) is 32.1 Å². The Morgan fingerprint density at radius 3 is 2.78 bits per heavy atom. The molecule has 0 unspecified atom stereocenters. The fourth-order valence-corrected chi connectivity index (χ4v) is 4.87. The minimum atomic E-state index is -1.51. The van der Waals surface area contributed by atoms with Crippen molar-refractivity contribution >= 4 is 28.9 Å². The number of likely N-dealkylation sites (tertiary alicyclic amines) is 1. The average Bonchev–Trinajstić information content (AvgIpc) is 3.63. The third-order valence-corrected chi connectivity index (χ3v) is 7.04. The Bertz CT molecular complexity index is 1390. The summed E-state index contributed by atoms with van der Waals surface area (Å²) in [6.45, 7) is 0.0474. The minimum absolute atomic E-state index is 0.231. The van der Waals surface area contributed by atoms with E-state index in [0.717, 1.165) is 5.56 Å². The summed E-state index contributed by atoms with van der Waals surface area (Å²) < 4.78 is 1.47. The van der Waals surface area contributed by atoms with E-state index in [4.69, 9.17) is 4.98 Å². The molecule has 1 fully saturated rings. The van der Waals surface area contributed by atoms with Gasteiger partial charge in [0.2, 0.25) is 5.95 Å². The predicted octanol–water partition coefficient (Wildman–Crippen LogP) is 1.78. The highest BCUT2D eigenvalue weighted by molar-refractivity contribution is 7.13. The molecule has 5 rings (SSSR count). The van der Waals surface area contributed by atoms with E-state index in [9.17, 15) is 20.1 Å². The number of aliphatic hydroxyl groups is 3. The molecule has 1 atom stereocenters. The van der Waals surface area contributed by atoms with Gasteiger partial charge in [-0.05, 0) is 17.7 Å². The van der Waals surface area contributed by atoms with Gasteiger partial charge in [0.1, 0.15) is 10.7 Å². The van der Waals surface area contributed by atoms with Crippen LogP contribution in [-0.2, 0) is 10.4 Å². The van der Waals surface area contributed by atoms with Gasteiger partial charge in [0.15, 0.2) is 5.60 Å². The van der Waals surface area contributed by atoms with Crippen LogP contribution < -0.4 is 5.32 Å². The van der Waals surface area contributed by atoms with Crippen LogP contribution in [0.4, 0.5) is 11.6 Å². The highest BCUT2D eigenvalue weighted by Crippen LogP contribution is 2.35. The first-order chi connectivity index (χ1) is 17.4. The number of rotatable bonds is 8. The van der Waals surface area contributed by atoms with Crippen LogP contribution in [0.1, 0.15) is 18.0 Å². The molecule has 3 aromatic heterocycles. The van der Waals surface area contributed by atoms with Crippen molar-refractivity contribution in [3.63, 3.8) is 0 Å². The van der Waals surface area contributed by atoms with Gasteiger partial charge in [-0.2, -0.15) is 5.10 Å². The molecule has 1 aliphatic rings. The third kappa shape index (κ3) is 4.46. The van der Waals surface area contributed by atoms with Gasteiger partial charge in [-0.3, -0.25) is 9.48 Å². The van der Waals surface area contributed by atoms with Crippen LogP contribution in [0.5, 0.6) is 0 Å². The van der Waals surface area contributed by atoms with Gasteiger partial charge in [-0.15, -0.1) is 11.3 Å². The standard InChI is InChI=1S/C24H25N7O4S/c1-30-8-6-24(35,22(30)34)16-4-2-3-15(9-16)20-14-36-21(28-20)19-5-7-25-23(29-19)27-17-10-26-31(11-17)18(12-32)13-33/h2-5,7,9-11,14,18,32-33,35H,6,8,12-13H2,1H3,(H,25,27,29)/t24-/m1/s1. The van der Waals surface area contributed by atoms with E-state index in [1.165, 1.54) is 20.9 Å². The fraction of sp³-hybridized carbons (Fsp3) is 0.292. The second kappa shape index (κ2) is 9.74. The van der Waals surface area contributed by atoms with Crippen molar-refractivity contribution in [1.29, 1.82) is 0 Å². The Hall–Kier alpha value is -3.71. The molecule has 4 N–H and O–H groups in total. The van der Waals surface area contributed by atoms with Crippen LogP contribution >= 0.6 is 11.3 Å². The molecule has 1 saturated heterocycles. The number of aliphatic hydroxyl groups excluding tert-OH is 2. The number of aromatic nitrogens is 5. The van der Waals surface area contributed by atoms with Gasteiger partial charge < -0.3 is 25.5 Å². The number of carbonyl (C=O) groups is 1. The molecule has 186 valence electrons. The SMILES string of the molecule is CN1CC[C@@](O)(c2cccc(-c3csc(-c4ccnc(Nc5cnn(C(CO)CO)c5)n4)n3)c2)C1=O. The quantitative estimate of drug-likeness (QED) is 0.280. The molecule has 4 heterocycles. The molecular formula is C24H25N7O4S. The number of amides is 1. The smallest absolute Gasteiger partial charge is 0.258 e. The average molecular weight is 508 g/mol. The van der Waals surface area contributed by atoms with Crippen LogP contribution in [0.2, 0.25) is 0 Å². The van der Waals surface area contributed by atoms with E-state index in [-0.39, 0.29) is 19.1 Å². The van der Waals surface area contributed by atoms with Crippen molar-refractivity contribution in [2.24, 2.45) is 0 Å². The summed E-state index contributed by atoms with van der Waals surface area (Å²) >= 11 is 1.43. The molecule has 0 spiro atoms. The maximum atomic E-state index is 12.5. The van der Waals surface area contributed by atoms with Gasteiger partial charge in [-0.25, -0.2) is 15.0 Å². The van der Waals surface area contributed by atoms with E-state index >= 15 is 0 Å². The van der Waals surface area contributed by atoms with Crippen molar-refractivity contribution < 1.29 is 20.1 Å². The van der Waals surface area contributed by atoms with E-state index in [2.05, 4.69) is 20.4 Å². The molecule has 1 amide bonds. The molecule has 36 heavy (non-hydrogen) atoms. The van der Waals surface area contributed by atoms with Crippen molar-refractivity contribution in [3.8, 4) is 22.0 Å². The number of hydrogen-bond donors (Lipinski definition) is 4. The van der Waals surface area contributed by atoms with E-state index in [0.29, 0.717) is 46.6 Å². The van der Waals surface area contributed by atoms with Crippen LogP contribution in [-0.4, -0.2) is 77.7 Å². The number of benzene rings is 1. The zero-order chi connectivity index (χ0) is 25.3. The van der Waals surface area contributed by atoms with Crippen molar-refractivity contribution in [1.82, 2.24) is 29.6 Å². The molecule has 12 heteroatoms. The second-order valence-electron chi connectivity index (χ2n) is 8.57. The third-order valence-electron chi connectivity index (χ3n) is 6.18. The Morgan fingerprint density at radius 2 is 2.03 bits per heavy atom. The zero-order valence-corrected chi connectivity index (χ0v) is 20.3. The first-order valence-corrected chi connectivity index (χ1v) is 12.2. The Morgan fingerprint density at radius 1 is 1.19 bits per heavy atom. The number of nitrogens with one attached hydrogen (secondary N) is 1. The summed E-state index contributed by atoms with van der Waals surface area (Å²) in [4.78, 5) is 27.6. The lowest BCUT2D eigenvalue weighted by Gasteiger charge is -2.21. The number of carbonyl (C=O) groups excluding carboxylic acids is 1. The Labute approximate surface area is 210 Å². The highest BCUT2D eigenvalue weighted by atomic mass is 32.1. The predicted molar refractivity (Wildman–Crippen MR) is 133 cm³/mol. The molecule has 1 aromatic carbocycles. The van der Waals surface area contributed by atoms with Gasteiger partial charge in [-0.1, -0.05) is 18.2 Å². The van der Waals surface area contributed by atoms with Gasteiger partial charge in [0.05, 0.1) is 36.8 Å². The molecule has 0 radical (unpaired) electrons. The number of likely N-dealkylation sites (N-methyl/N-ethyl adjacent to an activating group) is 1. The fourth-order valence-electron chi connectivity index (χ4n) is 4.08. The second-order valence-corrected chi connectivity index (χ2v) is 9.43. The molecule has 0 bridgehead atoms. The topological polar surface area (TPSA) is 150 Å². The Kier molecular flexibility index (Phi) is 6.49. The van der Waals surface area contributed by atoms with Crippen LogP contribution in [0.3, 0.4) is 0 Å². The molecular weight excluding hydrogens is 482 g/mol. The molecule has 0 aliphatic carbocycles. The van der Waals surface area contributed by atoms with Crippen LogP contribution in [0.15, 0.2) is 54.3 Å². The monoisotopic (exact) mass is 507 g/mol. The van der Waals surface area contributed by atoms with Gasteiger partial charge in [0, 0.05) is 43.4 Å².